The molecule has 16 heavy (non-hydrogen) atoms. The molecule has 0 radical (unpaired) electrons. The molecule has 0 spiro atoms. The predicted molar refractivity (Wildman–Crippen MR) is 69.8 cm³/mol. The van der Waals surface area contributed by atoms with Crippen LogP contribution in [0.1, 0.15) is 19.4 Å². The number of hydrogen-bond donors (Lipinski definition) is 1. The van der Waals surface area contributed by atoms with Gasteiger partial charge in [0.1, 0.15) is 0 Å². The van der Waals surface area contributed by atoms with Gasteiger partial charge in [-0.15, -0.1) is 0 Å². The summed E-state index contributed by atoms with van der Waals surface area (Å²) in [6.07, 6.45) is 2.17. The van der Waals surface area contributed by atoms with Crippen LogP contribution < -0.4 is 5.32 Å². The number of rotatable bonds is 4. The number of benzene rings is 1. The molecule has 0 aliphatic carbocycles. The SMILES string of the molecule is Cc1ccc2c(ccn2CCNC(C)C)c1. The van der Waals surface area contributed by atoms with E-state index in [-0.39, 0.29) is 0 Å². The van der Waals surface area contributed by atoms with Gasteiger partial charge in [0, 0.05) is 30.8 Å². The summed E-state index contributed by atoms with van der Waals surface area (Å²) in [5, 5.41) is 4.78. The van der Waals surface area contributed by atoms with Crippen molar-refractivity contribution in [3.8, 4) is 0 Å². The minimum atomic E-state index is 0.559. The van der Waals surface area contributed by atoms with Crippen molar-refractivity contribution < 1.29 is 0 Å². The summed E-state index contributed by atoms with van der Waals surface area (Å²) in [6, 6.07) is 9.37. The molecule has 1 aromatic heterocycles. The lowest BCUT2D eigenvalue weighted by Gasteiger charge is -2.09. The fourth-order valence-corrected chi connectivity index (χ4v) is 1.99. The van der Waals surface area contributed by atoms with Gasteiger partial charge in [0.05, 0.1) is 0 Å². The highest BCUT2D eigenvalue weighted by Crippen LogP contribution is 2.16. The monoisotopic (exact) mass is 216 g/mol. The Balaban J connectivity index is 2.13. The van der Waals surface area contributed by atoms with Gasteiger partial charge in [0.25, 0.3) is 0 Å². The molecule has 2 nitrogen and oxygen atoms in total. The minimum absolute atomic E-state index is 0.559. The standard InChI is InChI=1S/C14H20N2/c1-11(2)15-7-9-16-8-6-13-10-12(3)4-5-14(13)16/h4-6,8,10-11,15H,7,9H2,1-3H3. The molecule has 2 heteroatoms. The van der Waals surface area contributed by atoms with Crippen LogP contribution in [0.15, 0.2) is 30.5 Å². The summed E-state index contributed by atoms with van der Waals surface area (Å²) in [5.74, 6) is 0. The Hall–Kier alpha value is -1.28. The van der Waals surface area contributed by atoms with Gasteiger partial charge in [-0.05, 0) is 30.5 Å². The van der Waals surface area contributed by atoms with Crippen LogP contribution in [0.2, 0.25) is 0 Å². The van der Waals surface area contributed by atoms with Gasteiger partial charge in [0.2, 0.25) is 0 Å². The van der Waals surface area contributed by atoms with E-state index in [1.165, 1.54) is 16.5 Å². The maximum absolute atomic E-state index is 3.44. The average molecular weight is 216 g/mol. The van der Waals surface area contributed by atoms with E-state index in [4.69, 9.17) is 0 Å². The molecule has 2 aromatic rings. The van der Waals surface area contributed by atoms with Gasteiger partial charge in [-0.3, -0.25) is 0 Å². The van der Waals surface area contributed by atoms with E-state index in [9.17, 15) is 0 Å². The van der Waals surface area contributed by atoms with Crippen LogP contribution in [0.25, 0.3) is 10.9 Å². The fourth-order valence-electron chi connectivity index (χ4n) is 1.99. The van der Waals surface area contributed by atoms with E-state index in [0.717, 1.165) is 13.1 Å². The zero-order valence-electron chi connectivity index (χ0n) is 10.3. The highest BCUT2D eigenvalue weighted by Gasteiger charge is 2.00. The van der Waals surface area contributed by atoms with Crippen molar-refractivity contribution in [2.45, 2.75) is 33.4 Å². The number of aromatic nitrogens is 1. The lowest BCUT2D eigenvalue weighted by molar-refractivity contribution is 0.548. The molecule has 1 aromatic carbocycles. The summed E-state index contributed by atoms with van der Waals surface area (Å²) < 4.78 is 2.31. The normalized spacial score (nSPS) is 11.5. The van der Waals surface area contributed by atoms with E-state index >= 15 is 0 Å². The van der Waals surface area contributed by atoms with Crippen LogP contribution in [-0.4, -0.2) is 17.2 Å². The molecular formula is C14H20N2. The fraction of sp³-hybridized carbons (Fsp3) is 0.429. The topological polar surface area (TPSA) is 17.0 Å². The van der Waals surface area contributed by atoms with E-state index in [1.54, 1.807) is 0 Å². The molecule has 0 atom stereocenters. The Morgan fingerprint density at radius 3 is 2.81 bits per heavy atom. The predicted octanol–water partition coefficient (Wildman–Crippen LogP) is 2.95. The van der Waals surface area contributed by atoms with Crippen LogP contribution in [0.3, 0.4) is 0 Å². The van der Waals surface area contributed by atoms with Crippen LogP contribution in [-0.2, 0) is 6.54 Å². The van der Waals surface area contributed by atoms with Gasteiger partial charge in [-0.1, -0.05) is 25.5 Å². The third kappa shape index (κ3) is 2.45. The van der Waals surface area contributed by atoms with Crippen molar-refractivity contribution in [1.82, 2.24) is 9.88 Å². The summed E-state index contributed by atoms with van der Waals surface area (Å²) >= 11 is 0. The van der Waals surface area contributed by atoms with Crippen molar-refractivity contribution in [3.05, 3.63) is 36.0 Å². The van der Waals surface area contributed by atoms with Crippen molar-refractivity contribution in [2.24, 2.45) is 0 Å². The molecule has 2 rings (SSSR count). The average Bonchev–Trinajstić information content (AvgIpc) is 2.60. The van der Waals surface area contributed by atoms with E-state index in [2.05, 4.69) is 61.1 Å². The third-order valence-electron chi connectivity index (χ3n) is 2.83. The van der Waals surface area contributed by atoms with E-state index in [1.807, 2.05) is 0 Å². The Kier molecular flexibility index (Phi) is 3.30. The smallest absolute Gasteiger partial charge is 0.0480 e. The van der Waals surface area contributed by atoms with E-state index in [0.29, 0.717) is 6.04 Å². The Bertz CT molecular complexity index is 469. The first-order chi connectivity index (χ1) is 7.66. The molecular weight excluding hydrogens is 196 g/mol. The largest absolute Gasteiger partial charge is 0.346 e. The quantitative estimate of drug-likeness (QED) is 0.831. The Morgan fingerprint density at radius 2 is 2.06 bits per heavy atom. The number of aryl methyl sites for hydroxylation is 1. The van der Waals surface area contributed by atoms with Gasteiger partial charge in [-0.25, -0.2) is 0 Å². The van der Waals surface area contributed by atoms with Crippen LogP contribution in [0.4, 0.5) is 0 Å². The Labute approximate surface area is 97.3 Å². The highest BCUT2D eigenvalue weighted by atomic mass is 15.0. The molecule has 0 saturated carbocycles. The molecule has 0 unspecified atom stereocenters. The molecule has 0 aliphatic rings. The van der Waals surface area contributed by atoms with Crippen molar-refractivity contribution in [2.75, 3.05) is 6.54 Å². The second-order valence-corrected chi connectivity index (χ2v) is 4.68. The molecule has 86 valence electrons. The summed E-state index contributed by atoms with van der Waals surface area (Å²) in [5.41, 5.74) is 2.65. The summed E-state index contributed by atoms with van der Waals surface area (Å²) in [6.45, 7) is 8.55. The molecule has 0 aliphatic heterocycles. The number of fused-ring (bicyclic) bond motifs is 1. The highest BCUT2D eigenvalue weighted by molar-refractivity contribution is 5.80. The lowest BCUT2D eigenvalue weighted by Crippen LogP contribution is -2.26. The molecule has 1 N–H and O–H groups in total. The first-order valence-electron chi connectivity index (χ1n) is 5.96. The van der Waals surface area contributed by atoms with Crippen LogP contribution in [0, 0.1) is 6.92 Å². The maximum Gasteiger partial charge on any atom is 0.0480 e. The first kappa shape index (κ1) is 11.2. The third-order valence-corrected chi connectivity index (χ3v) is 2.83. The molecule has 0 fully saturated rings. The lowest BCUT2D eigenvalue weighted by atomic mass is 10.2. The summed E-state index contributed by atoms with van der Waals surface area (Å²) in [7, 11) is 0. The van der Waals surface area contributed by atoms with Crippen LogP contribution in [0.5, 0.6) is 0 Å². The van der Waals surface area contributed by atoms with Crippen LogP contribution >= 0.6 is 0 Å². The zero-order chi connectivity index (χ0) is 11.5. The summed E-state index contributed by atoms with van der Waals surface area (Å²) in [4.78, 5) is 0. The first-order valence-corrected chi connectivity index (χ1v) is 5.96. The number of nitrogens with one attached hydrogen (secondary N) is 1. The van der Waals surface area contributed by atoms with Gasteiger partial charge in [-0.2, -0.15) is 0 Å². The molecule has 0 saturated heterocycles. The molecule has 1 heterocycles. The number of nitrogens with zero attached hydrogens (tertiary/aromatic N) is 1. The second kappa shape index (κ2) is 4.71. The van der Waals surface area contributed by atoms with Gasteiger partial charge >= 0.3 is 0 Å². The molecule has 0 bridgehead atoms. The van der Waals surface area contributed by atoms with Crippen molar-refractivity contribution in [3.63, 3.8) is 0 Å². The molecule has 0 amide bonds. The Morgan fingerprint density at radius 1 is 1.25 bits per heavy atom. The number of hydrogen-bond acceptors (Lipinski definition) is 1. The minimum Gasteiger partial charge on any atom is -0.346 e. The van der Waals surface area contributed by atoms with E-state index < -0.39 is 0 Å². The maximum atomic E-state index is 3.44. The van der Waals surface area contributed by atoms with Gasteiger partial charge in [0.15, 0.2) is 0 Å². The zero-order valence-corrected chi connectivity index (χ0v) is 10.3. The second-order valence-electron chi connectivity index (χ2n) is 4.68. The van der Waals surface area contributed by atoms with Crippen molar-refractivity contribution in [1.29, 1.82) is 0 Å². The van der Waals surface area contributed by atoms with Gasteiger partial charge < -0.3 is 9.88 Å². The van der Waals surface area contributed by atoms with Crippen molar-refractivity contribution >= 4 is 10.9 Å².